The minimum absolute atomic E-state index is 0.113. The Labute approximate surface area is 150 Å². The molecule has 1 aromatic carbocycles. The topological polar surface area (TPSA) is 90.0 Å². The Balaban J connectivity index is 1.82. The summed E-state index contributed by atoms with van der Waals surface area (Å²) in [6.07, 6.45) is 2.20. The van der Waals surface area contributed by atoms with Crippen molar-refractivity contribution < 1.29 is 4.92 Å². The van der Waals surface area contributed by atoms with Gasteiger partial charge in [-0.15, -0.1) is 0 Å². The van der Waals surface area contributed by atoms with Crippen molar-refractivity contribution >= 4 is 11.5 Å². The predicted molar refractivity (Wildman–Crippen MR) is 96.5 cm³/mol. The first kappa shape index (κ1) is 16.2. The summed E-state index contributed by atoms with van der Waals surface area (Å²) in [6, 6.07) is 10.0. The minimum Gasteiger partial charge on any atom is -0.346 e. The van der Waals surface area contributed by atoms with Gasteiger partial charge in [0.25, 0.3) is 0 Å². The van der Waals surface area contributed by atoms with Gasteiger partial charge >= 0.3 is 5.69 Å². The fourth-order valence-corrected chi connectivity index (χ4v) is 3.43. The second kappa shape index (κ2) is 6.21. The van der Waals surface area contributed by atoms with Crippen molar-refractivity contribution in [2.24, 2.45) is 0 Å². The highest BCUT2D eigenvalue weighted by molar-refractivity contribution is 5.66. The quantitative estimate of drug-likeness (QED) is 0.533. The van der Waals surface area contributed by atoms with E-state index in [2.05, 4.69) is 27.2 Å². The van der Waals surface area contributed by atoms with E-state index in [4.69, 9.17) is 0 Å². The molecule has 8 nitrogen and oxygen atoms in total. The van der Waals surface area contributed by atoms with E-state index in [1.165, 1.54) is 22.1 Å². The van der Waals surface area contributed by atoms with Gasteiger partial charge in [0.2, 0.25) is 11.6 Å². The zero-order valence-electron chi connectivity index (χ0n) is 14.6. The number of aryl methyl sites for hydroxylation is 2. The Morgan fingerprint density at radius 2 is 1.85 bits per heavy atom. The highest BCUT2D eigenvalue weighted by Crippen LogP contribution is 2.33. The molecule has 0 radical (unpaired) electrons. The lowest BCUT2D eigenvalue weighted by atomic mass is 10.00. The van der Waals surface area contributed by atoms with Gasteiger partial charge in [0.1, 0.15) is 6.33 Å². The van der Waals surface area contributed by atoms with Crippen LogP contribution in [0.3, 0.4) is 0 Å². The van der Waals surface area contributed by atoms with Crippen LogP contribution in [0.25, 0.3) is 5.82 Å². The molecule has 4 rings (SSSR count). The van der Waals surface area contributed by atoms with Crippen molar-refractivity contribution in [2.75, 3.05) is 11.4 Å². The van der Waals surface area contributed by atoms with Crippen LogP contribution >= 0.6 is 0 Å². The van der Waals surface area contributed by atoms with Crippen LogP contribution in [0, 0.1) is 24.0 Å². The van der Waals surface area contributed by atoms with Gasteiger partial charge in [0.15, 0.2) is 0 Å². The Morgan fingerprint density at radius 3 is 2.54 bits per heavy atom. The highest BCUT2D eigenvalue weighted by Gasteiger charge is 2.30. The number of nitro groups is 1. The molecule has 8 heteroatoms. The van der Waals surface area contributed by atoms with Crippen LogP contribution in [0.4, 0.5) is 11.5 Å². The van der Waals surface area contributed by atoms with Crippen LogP contribution in [0.5, 0.6) is 0 Å². The van der Waals surface area contributed by atoms with Crippen molar-refractivity contribution in [2.45, 2.75) is 26.8 Å². The van der Waals surface area contributed by atoms with Crippen LogP contribution in [0.1, 0.15) is 22.5 Å². The van der Waals surface area contributed by atoms with Crippen LogP contribution < -0.4 is 4.90 Å². The van der Waals surface area contributed by atoms with Crippen molar-refractivity contribution in [3.05, 3.63) is 69.3 Å². The summed E-state index contributed by atoms with van der Waals surface area (Å²) < 4.78 is 1.51. The second-order valence-electron chi connectivity index (χ2n) is 6.41. The first-order chi connectivity index (χ1) is 12.5. The van der Waals surface area contributed by atoms with Gasteiger partial charge in [-0.25, -0.2) is 14.6 Å². The van der Waals surface area contributed by atoms with Gasteiger partial charge in [0, 0.05) is 18.8 Å². The molecule has 0 atom stereocenters. The number of benzene rings is 1. The molecule has 0 unspecified atom stereocenters. The van der Waals surface area contributed by atoms with E-state index in [0.717, 1.165) is 17.8 Å². The molecule has 3 aromatic rings. The summed E-state index contributed by atoms with van der Waals surface area (Å²) in [4.78, 5) is 21.8. The molecular formula is C18H18N6O2. The normalized spacial score (nSPS) is 13.5. The molecular weight excluding hydrogens is 332 g/mol. The Morgan fingerprint density at radius 1 is 1.12 bits per heavy atom. The fraction of sp³-hybridized carbons (Fsp3) is 0.278. The lowest BCUT2D eigenvalue weighted by molar-refractivity contribution is -0.384. The van der Waals surface area contributed by atoms with Crippen LogP contribution in [0.15, 0.2) is 36.7 Å². The van der Waals surface area contributed by atoms with Gasteiger partial charge < -0.3 is 4.90 Å². The van der Waals surface area contributed by atoms with Gasteiger partial charge in [-0.2, -0.15) is 5.10 Å². The summed E-state index contributed by atoms with van der Waals surface area (Å²) >= 11 is 0. The highest BCUT2D eigenvalue weighted by atomic mass is 16.6. The average Bonchev–Trinajstić information content (AvgIpc) is 2.98. The first-order valence-corrected chi connectivity index (χ1v) is 8.39. The SMILES string of the molecule is Cc1cc(C)n(-c2ncnc(N3CCc4ccccc4C3)c2[N+](=O)[O-])n1. The Kier molecular flexibility index (Phi) is 3.87. The number of hydrogen-bond acceptors (Lipinski definition) is 6. The molecule has 26 heavy (non-hydrogen) atoms. The summed E-state index contributed by atoms with van der Waals surface area (Å²) in [6.45, 7) is 4.96. The lowest BCUT2D eigenvalue weighted by Gasteiger charge is -2.29. The lowest BCUT2D eigenvalue weighted by Crippen LogP contribution is -2.32. The molecule has 1 aliphatic heterocycles. The van der Waals surface area contributed by atoms with E-state index in [1.54, 1.807) is 0 Å². The van der Waals surface area contributed by atoms with Gasteiger partial charge in [-0.05, 0) is 37.5 Å². The zero-order chi connectivity index (χ0) is 18.3. The molecule has 0 bridgehead atoms. The van der Waals surface area contributed by atoms with E-state index in [-0.39, 0.29) is 11.5 Å². The number of hydrogen-bond donors (Lipinski definition) is 0. The van der Waals surface area contributed by atoms with Crippen LogP contribution in [-0.2, 0) is 13.0 Å². The number of nitrogens with zero attached hydrogens (tertiary/aromatic N) is 6. The molecule has 0 amide bonds. The van der Waals surface area contributed by atoms with E-state index in [0.29, 0.717) is 18.9 Å². The maximum atomic E-state index is 11.9. The van der Waals surface area contributed by atoms with Crippen LogP contribution in [-0.4, -0.2) is 31.2 Å². The zero-order valence-corrected chi connectivity index (χ0v) is 14.6. The predicted octanol–water partition coefficient (Wildman–Crippen LogP) is 2.75. The third-order valence-corrected chi connectivity index (χ3v) is 4.61. The molecule has 3 heterocycles. The third kappa shape index (κ3) is 2.69. The van der Waals surface area contributed by atoms with Gasteiger partial charge in [-0.3, -0.25) is 10.1 Å². The standard InChI is InChI=1S/C18H18N6O2/c1-12-9-13(2)23(21-12)18-16(24(25)26)17(19-11-20-18)22-8-7-14-5-3-4-6-15(14)10-22/h3-6,9,11H,7-8,10H2,1-2H3. The molecule has 0 saturated carbocycles. The van der Waals surface area contributed by atoms with Gasteiger partial charge in [-0.1, -0.05) is 24.3 Å². The van der Waals surface area contributed by atoms with Crippen molar-refractivity contribution in [3.8, 4) is 5.82 Å². The molecule has 0 saturated heterocycles. The van der Waals surface area contributed by atoms with E-state index < -0.39 is 4.92 Å². The number of rotatable bonds is 3. The van der Waals surface area contributed by atoms with Gasteiger partial charge in [0.05, 0.1) is 10.6 Å². The van der Waals surface area contributed by atoms with Crippen LogP contribution in [0.2, 0.25) is 0 Å². The fourth-order valence-electron chi connectivity index (χ4n) is 3.43. The maximum absolute atomic E-state index is 11.9. The summed E-state index contributed by atoms with van der Waals surface area (Å²) in [7, 11) is 0. The molecule has 2 aromatic heterocycles. The molecule has 0 spiro atoms. The number of aromatic nitrogens is 4. The number of fused-ring (bicyclic) bond motifs is 1. The summed E-state index contributed by atoms with van der Waals surface area (Å²) in [5, 5.41) is 16.2. The smallest absolute Gasteiger partial charge is 0.346 e. The second-order valence-corrected chi connectivity index (χ2v) is 6.41. The Hall–Kier alpha value is -3.29. The van der Waals surface area contributed by atoms with E-state index in [1.807, 2.05) is 36.9 Å². The summed E-state index contributed by atoms with van der Waals surface area (Å²) in [5.41, 5.74) is 3.90. The first-order valence-electron chi connectivity index (χ1n) is 8.39. The Bertz CT molecular complexity index is 997. The molecule has 132 valence electrons. The van der Waals surface area contributed by atoms with Crippen molar-refractivity contribution in [1.29, 1.82) is 0 Å². The summed E-state index contributed by atoms with van der Waals surface area (Å²) in [5.74, 6) is 0.534. The monoisotopic (exact) mass is 350 g/mol. The van der Waals surface area contributed by atoms with E-state index >= 15 is 0 Å². The van der Waals surface area contributed by atoms with Crippen molar-refractivity contribution in [3.63, 3.8) is 0 Å². The third-order valence-electron chi connectivity index (χ3n) is 4.61. The molecule has 1 aliphatic rings. The van der Waals surface area contributed by atoms with Crippen molar-refractivity contribution in [1.82, 2.24) is 19.7 Å². The molecule has 0 N–H and O–H groups in total. The molecule has 0 fully saturated rings. The largest absolute Gasteiger partial charge is 0.355 e. The average molecular weight is 350 g/mol. The molecule has 0 aliphatic carbocycles. The van der Waals surface area contributed by atoms with E-state index in [9.17, 15) is 10.1 Å². The maximum Gasteiger partial charge on any atom is 0.355 e. The minimum atomic E-state index is -0.415. The number of anilines is 1.